The van der Waals surface area contributed by atoms with Crippen LogP contribution in [0.5, 0.6) is 5.75 Å². The highest BCUT2D eigenvalue weighted by Crippen LogP contribution is 2.29. The number of rotatable bonds is 6. The fraction of sp³-hybridized carbons (Fsp3) is 0.682. The fourth-order valence-electron chi connectivity index (χ4n) is 4.42. The minimum Gasteiger partial charge on any atom is -0.496 e. The van der Waals surface area contributed by atoms with E-state index in [-0.39, 0.29) is 12.1 Å². The lowest BCUT2D eigenvalue weighted by molar-refractivity contribution is -0.0348. The first-order valence-electron chi connectivity index (χ1n) is 10.5. The Bertz CT molecular complexity index is 623. The lowest BCUT2D eigenvalue weighted by Gasteiger charge is -2.37. The summed E-state index contributed by atoms with van der Waals surface area (Å²) >= 11 is 0. The van der Waals surface area contributed by atoms with Crippen molar-refractivity contribution in [3.63, 3.8) is 0 Å². The molecule has 2 heterocycles. The van der Waals surface area contributed by atoms with Crippen molar-refractivity contribution in [1.82, 2.24) is 15.1 Å². The van der Waals surface area contributed by atoms with Gasteiger partial charge in [-0.3, -0.25) is 0 Å². The molecule has 2 unspecified atom stereocenters. The van der Waals surface area contributed by atoms with Crippen molar-refractivity contribution in [2.75, 3.05) is 47.4 Å². The maximum atomic E-state index is 12.7. The monoisotopic (exact) mass is 389 g/mol. The van der Waals surface area contributed by atoms with Gasteiger partial charge in [-0.2, -0.15) is 0 Å². The average molecular weight is 390 g/mol. The number of carbonyl (C=O) groups excluding carboxylic acids is 1. The Labute approximate surface area is 169 Å². The molecule has 0 saturated carbocycles. The van der Waals surface area contributed by atoms with Crippen molar-refractivity contribution in [2.24, 2.45) is 5.92 Å². The molecule has 3 rings (SSSR count). The first kappa shape index (κ1) is 20.9. The lowest BCUT2D eigenvalue weighted by Crippen LogP contribution is -2.48. The van der Waals surface area contributed by atoms with Crippen LogP contribution in [0.3, 0.4) is 0 Å². The number of likely N-dealkylation sites (N-methyl/N-ethyl adjacent to an activating group) is 1. The zero-order valence-corrected chi connectivity index (χ0v) is 17.5. The predicted molar refractivity (Wildman–Crippen MR) is 111 cm³/mol. The Kier molecular flexibility index (Phi) is 7.57. The number of benzene rings is 1. The third-order valence-electron chi connectivity index (χ3n) is 6.14. The van der Waals surface area contributed by atoms with Gasteiger partial charge in [-0.25, -0.2) is 4.79 Å². The van der Waals surface area contributed by atoms with Crippen LogP contribution in [0.25, 0.3) is 0 Å². The highest BCUT2D eigenvalue weighted by molar-refractivity contribution is 5.74. The van der Waals surface area contributed by atoms with Crippen LogP contribution >= 0.6 is 0 Å². The summed E-state index contributed by atoms with van der Waals surface area (Å²) in [5, 5.41) is 3.14. The Morgan fingerprint density at radius 1 is 1.25 bits per heavy atom. The summed E-state index contributed by atoms with van der Waals surface area (Å²) in [7, 11) is 5.74. The Morgan fingerprint density at radius 2 is 2.00 bits per heavy atom. The summed E-state index contributed by atoms with van der Waals surface area (Å²) in [5.74, 6) is 1.45. The molecule has 1 N–H and O–H groups in total. The van der Waals surface area contributed by atoms with E-state index < -0.39 is 0 Å². The van der Waals surface area contributed by atoms with Gasteiger partial charge < -0.3 is 24.6 Å². The molecule has 2 atom stereocenters. The van der Waals surface area contributed by atoms with E-state index in [9.17, 15) is 4.79 Å². The van der Waals surface area contributed by atoms with E-state index in [0.29, 0.717) is 18.6 Å². The van der Waals surface area contributed by atoms with Crippen LogP contribution in [0, 0.1) is 5.92 Å². The molecule has 1 aromatic carbocycles. The summed E-state index contributed by atoms with van der Waals surface area (Å²) in [5.41, 5.74) is 1.09. The number of carbonyl (C=O) groups is 1. The fourth-order valence-corrected chi connectivity index (χ4v) is 4.42. The molecular weight excluding hydrogens is 354 g/mol. The molecule has 156 valence electrons. The molecule has 6 nitrogen and oxygen atoms in total. The number of urea groups is 1. The first-order valence-corrected chi connectivity index (χ1v) is 10.5. The van der Waals surface area contributed by atoms with Crippen LogP contribution in [0.2, 0.25) is 0 Å². The molecule has 2 saturated heterocycles. The van der Waals surface area contributed by atoms with Gasteiger partial charge in [-0.05, 0) is 58.2 Å². The third-order valence-corrected chi connectivity index (χ3v) is 6.14. The Hall–Kier alpha value is -1.79. The van der Waals surface area contributed by atoms with Crippen molar-refractivity contribution in [2.45, 2.75) is 44.2 Å². The normalized spacial score (nSPS) is 22.1. The van der Waals surface area contributed by atoms with Crippen LogP contribution in [-0.4, -0.2) is 69.4 Å². The average Bonchev–Trinajstić information content (AvgIpc) is 2.74. The van der Waals surface area contributed by atoms with Crippen LogP contribution in [0.1, 0.15) is 43.7 Å². The van der Waals surface area contributed by atoms with E-state index in [1.165, 1.54) is 19.3 Å². The second-order valence-corrected chi connectivity index (χ2v) is 8.14. The van der Waals surface area contributed by atoms with Gasteiger partial charge >= 0.3 is 6.03 Å². The van der Waals surface area contributed by atoms with Gasteiger partial charge in [0.05, 0.1) is 19.3 Å². The van der Waals surface area contributed by atoms with E-state index in [2.05, 4.69) is 16.3 Å². The Morgan fingerprint density at radius 3 is 2.64 bits per heavy atom. The number of amides is 2. The number of methoxy groups -OCH3 is 1. The van der Waals surface area contributed by atoms with E-state index in [1.807, 2.05) is 37.2 Å². The van der Waals surface area contributed by atoms with Crippen molar-refractivity contribution in [3.05, 3.63) is 29.8 Å². The van der Waals surface area contributed by atoms with E-state index in [1.54, 1.807) is 7.11 Å². The number of nitrogens with zero attached hydrogens (tertiary/aromatic N) is 2. The molecule has 0 bridgehead atoms. The molecule has 6 heteroatoms. The molecule has 2 fully saturated rings. The quantitative estimate of drug-likeness (QED) is 0.811. The van der Waals surface area contributed by atoms with Gasteiger partial charge in [0, 0.05) is 31.8 Å². The second-order valence-electron chi connectivity index (χ2n) is 8.14. The lowest BCUT2D eigenvalue weighted by atomic mass is 9.87. The highest BCUT2D eigenvalue weighted by atomic mass is 16.5. The van der Waals surface area contributed by atoms with Gasteiger partial charge in [0.2, 0.25) is 0 Å². The molecule has 0 aromatic heterocycles. The Balaban J connectivity index is 1.51. The third kappa shape index (κ3) is 5.17. The summed E-state index contributed by atoms with van der Waals surface area (Å²) in [6, 6.07) is 8.09. The van der Waals surface area contributed by atoms with Gasteiger partial charge in [-0.15, -0.1) is 0 Å². The number of hydrogen-bond donors (Lipinski definition) is 1. The molecule has 0 spiro atoms. The first-order chi connectivity index (χ1) is 13.6. The van der Waals surface area contributed by atoms with Crippen molar-refractivity contribution in [1.29, 1.82) is 0 Å². The van der Waals surface area contributed by atoms with Crippen molar-refractivity contribution < 1.29 is 14.3 Å². The molecule has 2 aliphatic heterocycles. The number of piperidine rings is 1. The SMILES string of the molecule is COc1ccccc1C(CNC(=O)N1CCC(C2CCCCO2)CC1)N(C)C. The number of nitrogens with one attached hydrogen (secondary N) is 1. The highest BCUT2D eigenvalue weighted by Gasteiger charge is 2.30. The van der Waals surface area contributed by atoms with E-state index in [4.69, 9.17) is 9.47 Å². The minimum absolute atomic E-state index is 0.0322. The van der Waals surface area contributed by atoms with Gasteiger partial charge in [0.1, 0.15) is 5.75 Å². The molecule has 0 radical (unpaired) electrons. The number of para-hydroxylation sites is 1. The summed E-state index contributed by atoms with van der Waals surface area (Å²) < 4.78 is 11.5. The zero-order chi connectivity index (χ0) is 19.9. The summed E-state index contributed by atoms with van der Waals surface area (Å²) in [4.78, 5) is 16.8. The number of hydrogen-bond acceptors (Lipinski definition) is 4. The molecule has 2 amide bonds. The second kappa shape index (κ2) is 10.1. The smallest absolute Gasteiger partial charge is 0.317 e. The molecular formula is C22H35N3O3. The van der Waals surface area contributed by atoms with E-state index in [0.717, 1.165) is 43.9 Å². The van der Waals surface area contributed by atoms with Crippen LogP contribution in [-0.2, 0) is 4.74 Å². The van der Waals surface area contributed by atoms with Gasteiger partial charge in [-0.1, -0.05) is 18.2 Å². The largest absolute Gasteiger partial charge is 0.496 e. The van der Waals surface area contributed by atoms with Crippen LogP contribution < -0.4 is 10.1 Å². The van der Waals surface area contributed by atoms with Gasteiger partial charge in [0.15, 0.2) is 0 Å². The maximum Gasteiger partial charge on any atom is 0.317 e. The molecule has 1 aromatic rings. The van der Waals surface area contributed by atoms with Crippen molar-refractivity contribution >= 4 is 6.03 Å². The standard InChI is InChI=1S/C22H35N3O3/c1-24(2)19(18-8-4-5-10-21(18)27-3)16-23-22(26)25-13-11-17(12-14-25)20-9-6-7-15-28-20/h4-5,8,10,17,19-20H,6-7,9,11-16H2,1-3H3,(H,23,26). The minimum atomic E-state index is 0.0322. The molecule has 2 aliphatic rings. The number of ether oxygens (including phenoxy) is 2. The van der Waals surface area contributed by atoms with Gasteiger partial charge in [0.25, 0.3) is 0 Å². The maximum absolute atomic E-state index is 12.7. The molecule has 28 heavy (non-hydrogen) atoms. The number of likely N-dealkylation sites (tertiary alicyclic amines) is 1. The summed E-state index contributed by atoms with van der Waals surface area (Å²) in [6.45, 7) is 3.09. The predicted octanol–water partition coefficient (Wildman–Crippen LogP) is 3.29. The topological polar surface area (TPSA) is 54.0 Å². The van der Waals surface area contributed by atoms with E-state index >= 15 is 0 Å². The van der Waals surface area contributed by atoms with Crippen molar-refractivity contribution in [3.8, 4) is 5.75 Å². The van der Waals surface area contributed by atoms with Crippen LogP contribution in [0.4, 0.5) is 4.79 Å². The summed E-state index contributed by atoms with van der Waals surface area (Å²) in [6.07, 6.45) is 6.14. The molecule has 0 aliphatic carbocycles. The zero-order valence-electron chi connectivity index (χ0n) is 17.5. The van der Waals surface area contributed by atoms with Crippen LogP contribution in [0.15, 0.2) is 24.3 Å².